The van der Waals surface area contributed by atoms with Crippen LogP contribution in [0, 0.1) is 6.92 Å². The predicted molar refractivity (Wildman–Crippen MR) is 149 cm³/mol. The number of amides is 1. The summed E-state index contributed by atoms with van der Waals surface area (Å²) in [4.78, 5) is 15.8. The van der Waals surface area contributed by atoms with Crippen molar-refractivity contribution in [2.45, 2.75) is 50.3 Å². The van der Waals surface area contributed by atoms with Crippen LogP contribution in [-0.4, -0.2) is 45.0 Å². The number of nitrogens with one attached hydrogen (secondary N) is 1. The van der Waals surface area contributed by atoms with Gasteiger partial charge in [0.1, 0.15) is 5.75 Å². The molecule has 0 saturated carbocycles. The highest BCUT2D eigenvalue weighted by atomic mass is 35.5. The van der Waals surface area contributed by atoms with Crippen molar-refractivity contribution in [2.75, 3.05) is 23.9 Å². The van der Waals surface area contributed by atoms with Crippen LogP contribution in [0.4, 0.5) is 5.69 Å². The Bertz CT molecular complexity index is 1390. The molecule has 2 aliphatic heterocycles. The molecule has 1 amide bonds. The highest BCUT2D eigenvalue weighted by Gasteiger charge is 2.37. The number of carbonyl (C=O) groups excluding carboxylic acids is 1. The molecule has 0 aliphatic carbocycles. The fraction of sp³-hybridized carbons (Fsp3) is 0.345. The predicted octanol–water partition coefficient (Wildman–Crippen LogP) is 4.91. The second-order valence-electron chi connectivity index (χ2n) is 9.94. The maximum absolute atomic E-state index is 13.6. The molecule has 1 fully saturated rings. The first-order valence-electron chi connectivity index (χ1n) is 12.9. The summed E-state index contributed by atoms with van der Waals surface area (Å²) in [7, 11) is -3.95. The van der Waals surface area contributed by atoms with Gasteiger partial charge in [0.05, 0.1) is 17.1 Å². The summed E-state index contributed by atoms with van der Waals surface area (Å²) in [5, 5.41) is 3.29. The first-order chi connectivity index (χ1) is 18.3. The Morgan fingerprint density at radius 2 is 1.66 bits per heavy atom. The molecule has 5 rings (SSSR count). The smallest absolute Gasteiger partial charge is 0.264 e. The van der Waals surface area contributed by atoms with Crippen LogP contribution in [0.3, 0.4) is 0 Å². The first kappa shape index (κ1) is 26.5. The van der Waals surface area contributed by atoms with Gasteiger partial charge in [-0.3, -0.25) is 14.0 Å². The van der Waals surface area contributed by atoms with E-state index < -0.39 is 16.1 Å². The van der Waals surface area contributed by atoms with E-state index in [9.17, 15) is 13.2 Å². The molecular formula is C29H32ClN3O4S. The monoisotopic (exact) mass is 553 g/mol. The van der Waals surface area contributed by atoms with Gasteiger partial charge < -0.3 is 10.1 Å². The highest BCUT2D eigenvalue weighted by Crippen LogP contribution is 2.39. The summed E-state index contributed by atoms with van der Waals surface area (Å²) in [6.45, 7) is 5.28. The van der Waals surface area contributed by atoms with Gasteiger partial charge in [-0.15, -0.1) is 0 Å². The molecule has 200 valence electrons. The minimum absolute atomic E-state index is 0.139. The van der Waals surface area contributed by atoms with Gasteiger partial charge in [0, 0.05) is 18.1 Å². The molecule has 0 unspecified atom stereocenters. The van der Waals surface area contributed by atoms with Crippen molar-refractivity contribution in [2.24, 2.45) is 0 Å². The average Bonchev–Trinajstić information content (AvgIpc) is 2.92. The maximum Gasteiger partial charge on any atom is 0.264 e. The normalized spacial score (nSPS) is 17.9. The third-order valence-electron chi connectivity index (χ3n) is 7.04. The van der Waals surface area contributed by atoms with Crippen LogP contribution in [0.2, 0.25) is 5.02 Å². The van der Waals surface area contributed by atoms with E-state index in [4.69, 9.17) is 16.3 Å². The van der Waals surface area contributed by atoms with Crippen LogP contribution in [0.1, 0.15) is 36.0 Å². The van der Waals surface area contributed by atoms with E-state index in [2.05, 4.69) is 22.3 Å². The number of aryl methyl sites for hydroxylation is 1. The van der Waals surface area contributed by atoms with Crippen molar-refractivity contribution < 1.29 is 17.9 Å². The molecule has 1 N–H and O–H groups in total. The number of fused-ring (bicyclic) bond motifs is 1. The van der Waals surface area contributed by atoms with Crippen molar-refractivity contribution in [1.82, 2.24) is 10.2 Å². The highest BCUT2D eigenvalue weighted by molar-refractivity contribution is 7.92. The number of carbonyl (C=O) groups is 1. The van der Waals surface area contributed by atoms with Crippen LogP contribution < -0.4 is 14.4 Å². The largest absolute Gasteiger partial charge is 0.476 e. The number of piperidine rings is 1. The van der Waals surface area contributed by atoms with E-state index in [1.807, 2.05) is 19.1 Å². The number of nitrogens with zero attached hydrogens (tertiary/aromatic N) is 2. The van der Waals surface area contributed by atoms with Gasteiger partial charge in [0.25, 0.3) is 15.9 Å². The summed E-state index contributed by atoms with van der Waals surface area (Å²) >= 11 is 6.18. The van der Waals surface area contributed by atoms with Crippen molar-refractivity contribution in [3.05, 3.63) is 88.4 Å². The maximum atomic E-state index is 13.6. The minimum Gasteiger partial charge on any atom is -0.476 e. The molecule has 9 heteroatoms. The molecule has 2 heterocycles. The summed E-state index contributed by atoms with van der Waals surface area (Å²) in [6.07, 6.45) is 2.82. The molecule has 0 spiro atoms. The lowest BCUT2D eigenvalue weighted by molar-refractivity contribution is -0.127. The number of likely N-dealkylation sites (tertiary alicyclic amines) is 1. The Balaban J connectivity index is 1.28. The van der Waals surface area contributed by atoms with Gasteiger partial charge in [-0.05, 0) is 74.3 Å². The number of halogens is 1. The molecule has 1 atom stereocenters. The summed E-state index contributed by atoms with van der Waals surface area (Å²) < 4.78 is 34.3. The standard InChI is InChI=1S/C29H32ClN3O4S/c1-21-5-12-25(13-6-21)38(35,36)33-20-28(37-27-14-11-24(30)17-26(27)33)29(34)31-18-22-7-9-23(10-8-22)19-32-15-3-2-4-16-32/h5-14,17,28H,2-4,15-16,18-20H2,1H3,(H,31,34)/t28-/m1/s1. The van der Waals surface area contributed by atoms with Crippen molar-refractivity contribution in [1.29, 1.82) is 0 Å². The molecule has 2 aliphatic rings. The number of sulfonamides is 1. The summed E-state index contributed by atoms with van der Waals surface area (Å²) in [5.41, 5.74) is 3.48. The van der Waals surface area contributed by atoms with Gasteiger partial charge in [-0.25, -0.2) is 8.42 Å². The van der Waals surface area contributed by atoms with Crippen molar-refractivity contribution in [3.63, 3.8) is 0 Å². The van der Waals surface area contributed by atoms with Crippen LogP contribution >= 0.6 is 11.6 Å². The topological polar surface area (TPSA) is 79.0 Å². The molecule has 3 aromatic carbocycles. The SMILES string of the molecule is Cc1ccc(S(=O)(=O)N2C[C@H](C(=O)NCc3ccc(CN4CCCCC4)cc3)Oc3ccc(Cl)cc32)cc1. The Labute approximate surface area is 229 Å². The van der Waals surface area contributed by atoms with E-state index in [0.29, 0.717) is 23.0 Å². The van der Waals surface area contributed by atoms with Crippen molar-refractivity contribution >= 4 is 33.2 Å². The molecule has 0 radical (unpaired) electrons. The lowest BCUT2D eigenvalue weighted by Gasteiger charge is -2.35. The van der Waals surface area contributed by atoms with Crippen LogP contribution in [0.5, 0.6) is 5.75 Å². The van der Waals surface area contributed by atoms with Gasteiger partial charge in [-0.2, -0.15) is 0 Å². The second kappa shape index (κ2) is 11.4. The quantitative estimate of drug-likeness (QED) is 0.450. The molecular weight excluding hydrogens is 522 g/mol. The minimum atomic E-state index is -3.95. The average molecular weight is 554 g/mol. The van der Waals surface area contributed by atoms with E-state index >= 15 is 0 Å². The molecule has 7 nitrogen and oxygen atoms in total. The zero-order valence-corrected chi connectivity index (χ0v) is 23.0. The van der Waals surface area contributed by atoms with Gasteiger partial charge in [0.15, 0.2) is 6.10 Å². The Hall–Kier alpha value is -3.07. The Morgan fingerprint density at radius 3 is 2.37 bits per heavy atom. The second-order valence-corrected chi connectivity index (χ2v) is 12.2. The molecule has 0 bridgehead atoms. The van der Waals surface area contributed by atoms with E-state index in [1.54, 1.807) is 42.5 Å². The van der Waals surface area contributed by atoms with Crippen molar-refractivity contribution in [3.8, 4) is 5.75 Å². The third-order valence-corrected chi connectivity index (χ3v) is 9.07. The van der Waals surface area contributed by atoms with Crippen LogP contribution in [0.25, 0.3) is 0 Å². The molecule has 3 aromatic rings. The first-order valence-corrected chi connectivity index (χ1v) is 14.7. The van der Waals surface area contributed by atoms with Crippen LogP contribution in [0.15, 0.2) is 71.6 Å². The molecule has 38 heavy (non-hydrogen) atoms. The molecule has 0 aromatic heterocycles. The van der Waals surface area contributed by atoms with E-state index in [1.165, 1.54) is 29.1 Å². The fourth-order valence-electron chi connectivity index (χ4n) is 4.87. The number of ether oxygens (including phenoxy) is 1. The van der Waals surface area contributed by atoms with E-state index in [0.717, 1.165) is 30.8 Å². The lowest BCUT2D eigenvalue weighted by Crippen LogP contribution is -2.50. The summed E-state index contributed by atoms with van der Waals surface area (Å²) in [6, 6.07) is 19.6. The number of hydrogen-bond acceptors (Lipinski definition) is 5. The van der Waals surface area contributed by atoms with Gasteiger partial charge in [0.2, 0.25) is 0 Å². The van der Waals surface area contributed by atoms with Gasteiger partial charge >= 0.3 is 0 Å². The van der Waals surface area contributed by atoms with Gasteiger partial charge in [-0.1, -0.05) is 60.0 Å². The number of hydrogen-bond donors (Lipinski definition) is 1. The number of rotatable bonds is 7. The third kappa shape index (κ3) is 5.98. The zero-order chi connectivity index (χ0) is 26.7. The number of benzene rings is 3. The lowest BCUT2D eigenvalue weighted by atomic mass is 10.1. The summed E-state index contributed by atoms with van der Waals surface area (Å²) in [5.74, 6) is -0.0920. The molecule has 1 saturated heterocycles. The van der Waals surface area contributed by atoms with E-state index in [-0.39, 0.29) is 17.3 Å². The zero-order valence-electron chi connectivity index (χ0n) is 21.4. The number of anilines is 1. The fourth-order valence-corrected chi connectivity index (χ4v) is 6.50. The Morgan fingerprint density at radius 1 is 0.974 bits per heavy atom. The Kier molecular flexibility index (Phi) is 7.93. The van der Waals surface area contributed by atoms with Crippen LogP contribution in [-0.2, 0) is 27.9 Å².